The molecule has 2 N–H and O–H groups in total. The highest BCUT2D eigenvalue weighted by atomic mass is 19.2. The van der Waals surface area contributed by atoms with Crippen LogP contribution in [0.2, 0.25) is 0 Å². The molecule has 74 valence electrons. The van der Waals surface area contributed by atoms with Crippen LogP contribution in [-0.2, 0) is 5.54 Å². The van der Waals surface area contributed by atoms with Crippen molar-refractivity contribution in [3.8, 4) is 6.07 Å². The molecule has 0 heterocycles. The lowest BCUT2D eigenvalue weighted by Gasteiger charge is -2.16. The van der Waals surface area contributed by atoms with Gasteiger partial charge in [0.1, 0.15) is 5.54 Å². The van der Waals surface area contributed by atoms with Crippen LogP contribution in [-0.4, -0.2) is 0 Å². The molecule has 1 aromatic carbocycles. The number of hydrogen-bond acceptors (Lipinski definition) is 2. The molecule has 1 rings (SSSR count). The quantitative estimate of drug-likeness (QED) is 0.702. The van der Waals surface area contributed by atoms with Crippen molar-refractivity contribution in [2.75, 3.05) is 0 Å². The molecule has 0 saturated heterocycles. The van der Waals surface area contributed by atoms with Gasteiger partial charge >= 0.3 is 0 Å². The van der Waals surface area contributed by atoms with Crippen LogP contribution < -0.4 is 5.73 Å². The SMILES string of the molecule is CC(N)(C#N)c1ccc(F)c(F)c1F. The third-order valence-corrected chi connectivity index (χ3v) is 1.83. The summed E-state index contributed by atoms with van der Waals surface area (Å²) in [6.07, 6.45) is 0. The predicted octanol–water partition coefficient (Wildman–Crippen LogP) is 1.80. The second-order valence-corrected chi connectivity index (χ2v) is 3.04. The first kappa shape index (κ1) is 10.5. The van der Waals surface area contributed by atoms with E-state index in [4.69, 9.17) is 11.0 Å². The fraction of sp³-hybridized carbons (Fsp3) is 0.222. The van der Waals surface area contributed by atoms with Crippen LogP contribution in [0.4, 0.5) is 13.2 Å². The van der Waals surface area contributed by atoms with Gasteiger partial charge in [-0.15, -0.1) is 0 Å². The first-order valence-corrected chi connectivity index (χ1v) is 3.74. The molecule has 1 unspecified atom stereocenters. The summed E-state index contributed by atoms with van der Waals surface area (Å²) in [5.74, 6) is -4.34. The molecule has 0 aliphatic heterocycles. The fourth-order valence-electron chi connectivity index (χ4n) is 0.987. The van der Waals surface area contributed by atoms with Gasteiger partial charge in [-0.05, 0) is 13.0 Å². The molecule has 0 radical (unpaired) electrons. The highest BCUT2D eigenvalue weighted by Crippen LogP contribution is 2.23. The van der Waals surface area contributed by atoms with E-state index in [9.17, 15) is 13.2 Å². The van der Waals surface area contributed by atoms with Gasteiger partial charge in [-0.25, -0.2) is 13.2 Å². The van der Waals surface area contributed by atoms with E-state index in [-0.39, 0.29) is 5.56 Å². The molecule has 2 nitrogen and oxygen atoms in total. The summed E-state index contributed by atoms with van der Waals surface area (Å²) in [5, 5.41) is 8.57. The van der Waals surface area contributed by atoms with Gasteiger partial charge in [-0.1, -0.05) is 6.07 Å². The maximum Gasteiger partial charge on any atom is 0.194 e. The van der Waals surface area contributed by atoms with Crippen molar-refractivity contribution in [2.24, 2.45) is 5.73 Å². The average Bonchev–Trinajstić information content (AvgIpc) is 2.14. The van der Waals surface area contributed by atoms with Gasteiger partial charge in [0, 0.05) is 5.56 Å². The van der Waals surface area contributed by atoms with Crippen molar-refractivity contribution in [3.63, 3.8) is 0 Å². The first-order valence-electron chi connectivity index (χ1n) is 3.74. The van der Waals surface area contributed by atoms with Gasteiger partial charge in [0.2, 0.25) is 0 Å². The number of rotatable bonds is 1. The van der Waals surface area contributed by atoms with E-state index in [2.05, 4.69) is 0 Å². The Kier molecular flexibility index (Phi) is 2.49. The zero-order chi connectivity index (χ0) is 10.9. The first-order chi connectivity index (χ1) is 6.40. The Morgan fingerprint density at radius 2 is 1.86 bits per heavy atom. The van der Waals surface area contributed by atoms with Crippen LogP contribution in [0.1, 0.15) is 12.5 Å². The molecule has 0 amide bonds. The van der Waals surface area contributed by atoms with E-state index in [0.29, 0.717) is 0 Å². The van der Waals surface area contributed by atoms with Crippen molar-refractivity contribution in [2.45, 2.75) is 12.5 Å². The van der Waals surface area contributed by atoms with Crippen molar-refractivity contribution in [1.82, 2.24) is 0 Å². The zero-order valence-electron chi connectivity index (χ0n) is 7.31. The number of nitriles is 1. The van der Waals surface area contributed by atoms with E-state index in [1.165, 1.54) is 6.92 Å². The van der Waals surface area contributed by atoms with Crippen LogP contribution in [0.5, 0.6) is 0 Å². The summed E-state index contributed by atoms with van der Waals surface area (Å²) in [6, 6.07) is 3.28. The molecule has 0 aromatic heterocycles. The fourth-order valence-corrected chi connectivity index (χ4v) is 0.987. The second kappa shape index (κ2) is 3.31. The molecule has 0 saturated carbocycles. The van der Waals surface area contributed by atoms with Gasteiger partial charge in [0.25, 0.3) is 0 Å². The molecule has 0 bridgehead atoms. The maximum absolute atomic E-state index is 13.1. The molecule has 14 heavy (non-hydrogen) atoms. The van der Waals surface area contributed by atoms with Crippen molar-refractivity contribution in [1.29, 1.82) is 5.26 Å². The number of hydrogen-bond donors (Lipinski definition) is 1. The summed E-state index contributed by atoms with van der Waals surface area (Å²) in [4.78, 5) is 0. The summed E-state index contributed by atoms with van der Waals surface area (Å²) in [7, 11) is 0. The minimum Gasteiger partial charge on any atom is -0.310 e. The number of benzene rings is 1. The van der Waals surface area contributed by atoms with Gasteiger partial charge in [0.05, 0.1) is 6.07 Å². The second-order valence-electron chi connectivity index (χ2n) is 3.04. The smallest absolute Gasteiger partial charge is 0.194 e. The summed E-state index contributed by atoms with van der Waals surface area (Å²) in [5.41, 5.74) is 3.34. The molecular formula is C9H7F3N2. The average molecular weight is 200 g/mol. The molecule has 0 aliphatic carbocycles. The monoisotopic (exact) mass is 200 g/mol. The standard InChI is InChI=1S/C9H7F3N2/c1-9(14,4-13)5-2-3-6(10)8(12)7(5)11/h2-3H,14H2,1H3. The summed E-state index contributed by atoms with van der Waals surface area (Å²) in [6.45, 7) is 1.21. The van der Waals surface area contributed by atoms with E-state index < -0.39 is 23.0 Å². The predicted molar refractivity (Wildman–Crippen MR) is 43.5 cm³/mol. The Labute approximate surface area is 78.8 Å². The summed E-state index contributed by atoms with van der Waals surface area (Å²) >= 11 is 0. The molecule has 1 atom stereocenters. The van der Waals surface area contributed by atoms with E-state index in [1.807, 2.05) is 0 Å². The minimum atomic E-state index is -1.67. The summed E-state index contributed by atoms with van der Waals surface area (Å²) < 4.78 is 38.4. The lowest BCUT2D eigenvalue weighted by molar-refractivity contribution is 0.429. The molecular weight excluding hydrogens is 193 g/mol. The van der Waals surface area contributed by atoms with Crippen molar-refractivity contribution >= 4 is 0 Å². The Bertz CT molecular complexity index is 407. The third-order valence-electron chi connectivity index (χ3n) is 1.83. The Hall–Kier alpha value is -1.54. The van der Waals surface area contributed by atoms with Crippen LogP contribution in [0.15, 0.2) is 12.1 Å². The number of halogens is 3. The maximum atomic E-state index is 13.1. The zero-order valence-corrected chi connectivity index (χ0v) is 7.31. The van der Waals surface area contributed by atoms with E-state index >= 15 is 0 Å². The minimum absolute atomic E-state index is 0.362. The highest BCUT2D eigenvalue weighted by Gasteiger charge is 2.27. The van der Waals surface area contributed by atoms with Crippen LogP contribution in [0.3, 0.4) is 0 Å². The van der Waals surface area contributed by atoms with Crippen molar-refractivity contribution in [3.05, 3.63) is 35.1 Å². The van der Waals surface area contributed by atoms with Gasteiger partial charge in [-0.3, -0.25) is 0 Å². The molecule has 5 heteroatoms. The van der Waals surface area contributed by atoms with Gasteiger partial charge in [-0.2, -0.15) is 5.26 Å². The molecule has 1 aromatic rings. The van der Waals surface area contributed by atoms with E-state index in [1.54, 1.807) is 6.07 Å². The van der Waals surface area contributed by atoms with Gasteiger partial charge in [0.15, 0.2) is 17.5 Å². The Morgan fingerprint density at radius 1 is 1.29 bits per heavy atom. The van der Waals surface area contributed by atoms with Gasteiger partial charge < -0.3 is 5.73 Å². The largest absolute Gasteiger partial charge is 0.310 e. The van der Waals surface area contributed by atoms with E-state index in [0.717, 1.165) is 12.1 Å². The molecule has 0 aliphatic rings. The molecule has 0 spiro atoms. The Balaban J connectivity index is 3.41. The highest BCUT2D eigenvalue weighted by molar-refractivity contribution is 5.31. The van der Waals surface area contributed by atoms with Crippen LogP contribution in [0, 0.1) is 28.8 Å². The topological polar surface area (TPSA) is 49.8 Å². The van der Waals surface area contributed by atoms with Crippen molar-refractivity contribution < 1.29 is 13.2 Å². The normalized spacial score (nSPS) is 14.6. The van der Waals surface area contributed by atoms with Crippen LogP contribution >= 0.6 is 0 Å². The lowest BCUT2D eigenvalue weighted by atomic mass is 9.94. The molecule has 0 fully saturated rings. The third kappa shape index (κ3) is 1.56. The Morgan fingerprint density at radius 3 is 2.36 bits per heavy atom. The number of nitrogens with zero attached hydrogens (tertiary/aromatic N) is 1. The lowest BCUT2D eigenvalue weighted by Crippen LogP contribution is -2.32. The van der Waals surface area contributed by atoms with Crippen LogP contribution in [0.25, 0.3) is 0 Å². The number of nitrogens with two attached hydrogens (primary N) is 1.